The molecule has 5 nitrogen and oxygen atoms in total. The second-order valence-electron chi connectivity index (χ2n) is 7.48. The molecule has 150 valence electrons. The summed E-state index contributed by atoms with van der Waals surface area (Å²) in [6.45, 7) is 2.45. The van der Waals surface area contributed by atoms with Gasteiger partial charge in [0.25, 0.3) is 0 Å². The summed E-state index contributed by atoms with van der Waals surface area (Å²) < 4.78 is 7.52. The minimum atomic E-state index is 0.755. The Morgan fingerprint density at radius 1 is 1.03 bits per heavy atom. The van der Waals surface area contributed by atoms with Gasteiger partial charge in [-0.2, -0.15) is 0 Å². The first-order valence-corrected chi connectivity index (χ1v) is 10.3. The van der Waals surface area contributed by atoms with Gasteiger partial charge in [-0.1, -0.05) is 42.5 Å². The summed E-state index contributed by atoms with van der Waals surface area (Å²) >= 11 is 0. The first-order chi connectivity index (χ1) is 14.8. The van der Waals surface area contributed by atoms with Crippen molar-refractivity contribution in [3.63, 3.8) is 0 Å². The molecule has 0 bridgehead atoms. The van der Waals surface area contributed by atoms with Gasteiger partial charge in [0.1, 0.15) is 11.6 Å². The van der Waals surface area contributed by atoms with Gasteiger partial charge in [0.05, 0.1) is 19.1 Å². The molecule has 1 aliphatic heterocycles. The summed E-state index contributed by atoms with van der Waals surface area (Å²) in [4.78, 5) is 11.5. The van der Waals surface area contributed by atoms with E-state index in [2.05, 4.69) is 63.0 Å². The van der Waals surface area contributed by atoms with Gasteiger partial charge in [-0.15, -0.1) is 0 Å². The van der Waals surface area contributed by atoms with Crippen LogP contribution in [0.5, 0.6) is 5.75 Å². The molecule has 0 spiro atoms. The maximum atomic E-state index is 5.42. The summed E-state index contributed by atoms with van der Waals surface area (Å²) in [7, 11) is 1.71. The Kier molecular flexibility index (Phi) is 4.93. The Hall–Kier alpha value is -3.60. The van der Waals surface area contributed by atoms with Crippen LogP contribution in [-0.4, -0.2) is 29.0 Å². The van der Waals surface area contributed by atoms with Gasteiger partial charge in [-0.3, -0.25) is 4.99 Å². The van der Waals surface area contributed by atoms with Crippen molar-refractivity contribution in [1.82, 2.24) is 9.55 Å². The molecule has 0 saturated carbocycles. The third kappa shape index (κ3) is 3.43. The van der Waals surface area contributed by atoms with Crippen LogP contribution in [0.3, 0.4) is 0 Å². The minimum absolute atomic E-state index is 0.755. The van der Waals surface area contributed by atoms with Crippen molar-refractivity contribution in [3.8, 4) is 5.75 Å². The SMILES string of the molecule is COc1cccc(CN2C(=NCCCn3ccnc3)c3cccc4cccc2c34)c1. The summed E-state index contributed by atoms with van der Waals surface area (Å²) in [6.07, 6.45) is 6.64. The molecule has 4 aromatic rings. The standard InChI is InChI=1S/C25H24N4O/c1-30-21-9-2-6-19(16-21)17-29-23-11-4-8-20-7-3-10-22(24(20)23)25(29)27-12-5-14-28-15-13-26-18-28/h2-4,6-11,13,15-16,18H,5,12,14,17H2,1H3. The number of hydrogen-bond acceptors (Lipinski definition) is 3. The molecule has 0 N–H and O–H groups in total. The van der Waals surface area contributed by atoms with Crippen LogP contribution in [-0.2, 0) is 13.1 Å². The van der Waals surface area contributed by atoms with Crippen molar-refractivity contribution < 1.29 is 4.74 Å². The molecule has 1 aromatic heterocycles. The van der Waals surface area contributed by atoms with E-state index in [1.165, 1.54) is 27.6 Å². The summed E-state index contributed by atoms with van der Waals surface area (Å²) in [5.41, 5.74) is 3.64. The van der Waals surface area contributed by atoms with Crippen LogP contribution in [0.15, 0.2) is 84.4 Å². The zero-order valence-electron chi connectivity index (χ0n) is 17.0. The zero-order chi connectivity index (χ0) is 20.3. The van der Waals surface area contributed by atoms with Crippen LogP contribution in [0.25, 0.3) is 10.8 Å². The van der Waals surface area contributed by atoms with Gasteiger partial charge in [-0.05, 0) is 35.6 Å². The van der Waals surface area contributed by atoms with E-state index in [1.54, 1.807) is 7.11 Å². The summed E-state index contributed by atoms with van der Waals surface area (Å²) in [5.74, 6) is 1.93. The number of ether oxygens (including phenoxy) is 1. The summed E-state index contributed by atoms with van der Waals surface area (Å²) in [6, 6.07) is 21.2. The molecule has 0 unspecified atom stereocenters. The van der Waals surface area contributed by atoms with Crippen LogP contribution in [0, 0.1) is 0 Å². The average Bonchev–Trinajstić information content (AvgIpc) is 3.40. The van der Waals surface area contributed by atoms with Crippen molar-refractivity contribution in [2.75, 3.05) is 18.6 Å². The van der Waals surface area contributed by atoms with Gasteiger partial charge < -0.3 is 14.2 Å². The highest BCUT2D eigenvalue weighted by Crippen LogP contribution is 2.38. The Bertz CT molecular complexity index is 1190. The highest BCUT2D eigenvalue weighted by atomic mass is 16.5. The number of imidazole rings is 1. The number of aryl methyl sites for hydroxylation is 1. The fourth-order valence-electron chi connectivity index (χ4n) is 4.13. The maximum absolute atomic E-state index is 5.42. The number of benzene rings is 3. The predicted octanol–water partition coefficient (Wildman–Crippen LogP) is 4.90. The lowest BCUT2D eigenvalue weighted by molar-refractivity contribution is 0.414. The lowest BCUT2D eigenvalue weighted by atomic mass is 10.1. The molecule has 30 heavy (non-hydrogen) atoms. The molecule has 0 radical (unpaired) electrons. The molecule has 0 fully saturated rings. The first kappa shape index (κ1) is 18.4. The van der Waals surface area contributed by atoms with Crippen LogP contribution in [0.1, 0.15) is 17.5 Å². The number of amidine groups is 1. The monoisotopic (exact) mass is 396 g/mol. The molecular weight excluding hydrogens is 372 g/mol. The molecule has 0 amide bonds. The van der Waals surface area contributed by atoms with E-state index in [9.17, 15) is 0 Å². The summed E-state index contributed by atoms with van der Waals surface area (Å²) in [5, 5.41) is 2.54. The number of aromatic nitrogens is 2. The molecule has 5 rings (SSSR count). The zero-order valence-corrected chi connectivity index (χ0v) is 17.0. The smallest absolute Gasteiger partial charge is 0.136 e. The topological polar surface area (TPSA) is 42.6 Å². The maximum Gasteiger partial charge on any atom is 0.136 e. The molecule has 3 aromatic carbocycles. The third-order valence-corrected chi connectivity index (χ3v) is 5.54. The van der Waals surface area contributed by atoms with Gasteiger partial charge in [0, 0.05) is 43.0 Å². The number of hydrogen-bond donors (Lipinski definition) is 0. The number of anilines is 1. The molecule has 0 aliphatic carbocycles. The predicted molar refractivity (Wildman–Crippen MR) is 121 cm³/mol. The Morgan fingerprint density at radius 2 is 1.90 bits per heavy atom. The highest BCUT2D eigenvalue weighted by Gasteiger charge is 2.27. The van der Waals surface area contributed by atoms with Crippen molar-refractivity contribution >= 4 is 22.3 Å². The Balaban J connectivity index is 1.47. The van der Waals surface area contributed by atoms with Crippen LogP contribution in [0.2, 0.25) is 0 Å². The van der Waals surface area contributed by atoms with Gasteiger partial charge in [-0.25, -0.2) is 4.98 Å². The lowest BCUT2D eigenvalue weighted by Gasteiger charge is -2.21. The van der Waals surface area contributed by atoms with Crippen molar-refractivity contribution in [1.29, 1.82) is 0 Å². The van der Waals surface area contributed by atoms with E-state index in [4.69, 9.17) is 9.73 Å². The average molecular weight is 396 g/mol. The van der Waals surface area contributed by atoms with Crippen LogP contribution < -0.4 is 9.64 Å². The quantitative estimate of drug-likeness (QED) is 0.417. The van der Waals surface area contributed by atoms with Crippen molar-refractivity contribution in [2.45, 2.75) is 19.5 Å². The number of nitrogens with zero attached hydrogens (tertiary/aromatic N) is 4. The van der Waals surface area contributed by atoms with E-state index in [1.807, 2.05) is 30.9 Å². The fourth-order valence-corrected chi connectivity index (χ4v) is 4.13. The van der Waals surface area contributed by atoms with E-state index in [-0.39, 0.29) is 0 Å². The number of methoxy groups -OCH3 is 1. The van der Waals surface area contributed by atoms with E-state index in [0.717, 1.165) is 37.6 Å². The largest absolute Gasteiger partial charge is 0.497 e. The number of rotatable bonds is 7. The molecule has 5 heteroatoms. The molecular formula is C25H24N4O. The minimum Gasteiger partial charge on any atom is -0.497 e. The van der Waals surface area contributed by atoms with E-state index in [0.29, 0.717) is 0 Å². The van der Waals surface area contributed by atoms with Crippen LogP contribution >= 0.6 is 0 Å². The number of aliphatic imine (C=N–C) groups is 1. The highest BCUT2D eigenvalue weighted by molar-refractivity contribution is 6.27. The van der Waals surface area contributed by atoms with Gasteiger partial charge in [0.15, 0.2) is 0 Å². The van der Waals surface area contributed by atoms with Gasteiger partial charge >= 0.3 is 0 Å². The van der Waals surface area contributed by atoms with E-state index < -0.39 is 0 Å². The van der Waals surface area contributed by atoms with Crippen molar-refractivity contribution in [3.05, 3.63) is 90.5 Å². The normalized spacial score (nSPS) is 14.0. The molecule has 1 aliphatic rings. The van der Waals surface area contributed by atoms with E-state index >= 15 is 0 Å². The first-order valence-electron chi connectivity index (χ1n) is 10.3. The van der Waals surface area contributed by atoms with Gasteiger partial charge in [0.2, 0.25) is 0 Å². The molecule has 0 atom stereocenters. The van der Waals surface area contributed by atoms with Crippen LogP contribution in [0.4, 0.5) is 5.69 Å². The lowest BCUT2D eigenvalue weighted by Crippen LogP contribution is -2.27. The van der Waals surface area contributed by atoms with Crippen molar-refractivity contribution in [2.24, 2.45) is 4.99 Å². The third-order valence-electron chi connectivity index (χ3n) is 5.54. The second kappa shape index (κ2) is 8.03. The molecule has 2 heterocycles. The second-order valence-corrected chi connectivity index (χ2v) is 7.48. The molecule has 0 saturated heterocycles. The Morgan fingerprint density at radius 3 is 2.73 bits per heavy atom. The Labute approximate surface area is 176 Å². The fraction of sp³-hybridized carbons (Fsp3) is 0.200.